The van der Waals surface area contributed by atoms with Crippen molar-refractivity contribution in [2.45, 2.75) is 53.0 Å². The fraction of sp³-hybridized carbons (Fsp3) is 0.643. The number of hydrogen-bond acceptors (Lipinski definition) is 3. The van der Waals surface area contributed by atoms with Crippen molar-refractivity contribution in [1.29, 1.82) is 0 Å². The van der Waals surface area contributed by atoms with Crippen molar-refractivity contribution in [2.75, 3.05) is 6.54 Å². The highest BCUT2D eigenvalue weighted by Crippen LogP contribution is 2.19. The number of hydrogen-bond donors (Lipinski definition) is 0. The van der Waals surface area contributed by atoms with Crippen LogP contribution in [0.2, 0.25) is 5.02 Å². The fourth-order valence-corrected chi connectivity index (χ4v) is 1.99. The Morgan fingerprint density at radius 1 is 1.37 bits per heavy atom. The van der Waals surface area contributed by atoms with Crippen LogP contribution in [0.1, 0.15) is 63.3 Å². The SMILES string of the molecule is CCC(C)N(CC)C(=O)c1nc(C(C)C)ncc1Cl. The van der Waals surface area contributed by atoms with Crippen LogP contribution in [0.5, 0.6) is 0 Å². The third kappa shape index (κ3) is 3.66. The first kappa shape index (κ1) is 15.9. The van der Waals surface area contributed by atoms with Crippen molar-refractivity contribution in [3.8, 4) is 0 Å². The second kappa shape index (κ2) is 6.85. The van der Waals surface area contributed by atoms with E-state index in [1.807, 2.05) is 27.7 Å². The summed E-state index contributed by atoms with van der Waals surface area (Å²) < 4.78 is 0. The van der Waals surface area contributed by atoms with Crippen LogP contribution in [0, 0.1) is 0 Å². The van der Waals surface area contributed by atoms with Gasteiger partial charge in [0, 0.05) is 18.5 Å². The molecule has 0 saturated carbocycles. The molecule has 1 rings (SSSR count). The summed E-state index contributed by atoms with van der Waals surface area (Å²) in [4.78, 5) is 22.8. The average molecular weight is 284 g/mol. The molecule has 0 saturated heterocycles. The van der Waals surface area contributed by atoms with Crippen LogP contribution in [-0.4, -0.2) is 33.4 Å². The Hall–Kier alpha value is -1.16. The standard InChI is InChI=1S/C14H22ClN3O/c1-6-10(5)18(7-2)14(19)12-11(15)8-16-13(17-12)9(3)4/h8-10H,6-7H2,1-5H3. The van der Waals surface area contributed by atoms with Gasteiger partial charge in [0.25, 0.3) is 5.91 Å². The highest BCUT2D eigenvalue weighted by atomic mass is 35.5. The highest BCUT2D eigenvalue weighted by molar-refractivity contribution is 6.33. The van der Waals surface area contributed by atoms with Crippen molar-refractivity contribution < 1.29 is 4.79 Å². The topological polar surface area (TPSA) is 46.1 Å². The zero-order valence-corrected chi connectivity index (χ0v) is 13.0. The number of carbonyl (C=O) groups excluding carboxylic acids is 1. The number of carbonyl (C=O) groups is 1. The molecular weight excluding hydrogens is 262 g/mol. The second-order valence-corrected chi connectivity index (χ2v) is 5.34. The smallest absolute Gasteiger partial charge is 0.274 e. The lowest BCUT2D eigenvalue weighted by Gasteiger charge is -2.27. The number of amides is 1. The van der Waals surface area contributed by atoms with Gasteiger partial charge in [-0.1, -0.05) is 32.4 Å². The van der Waals surface area contributed by atoms with E-state index in [9.17, 15) is 4.79 Å². The van der Waals surface area contributed by atoms with Gasteiger partial charge in [0.05, 0.1) is 11.2 Å². The molecule has 1 aromatic rings. The predicted octanol–water partition coefficient (Wildman–Crippen LogP) is 3.51. The lowest BCUT2D eigenvalue weighted by atomic mass is 10.2. The summed E-state index contributed by atoms with van der Waals surface area (Å²) in [7, 11) is 0. The Bertz CT molecular complexity index is 448. The molecule has 0 N–H and O–H groups in total. The van der Waals surface area contributed by atoms with E-state index in [0.29, 0.717) is 23.1 Å². The molecule has 4 nitrogen and oxygen atoms in total. The van der Waals surface area contributed by atoms with Crippen LogP contribution in [0.4, 0.5) is 0 Å². The first-order chi connectivity index (χ1) is 8.92. The van der Waals surface area contributed by atoms with E-state index >= 15 is 0 Å². The van der Waals surface area contributed by atoms with Gasteiger partial charge in [-0.2, -0.15) is 0 Å². The van der Waals surface area contributed by atoms with Crippen LogP contribution >= 0.6 is 11.6 Å². The molecule has 1 amide bonds. The largest absolute Gasteiger partial charge is 0.335 e. The molecule has 1 heterocycles. The van der Waals surface area contributed by atoms with Crippen LogP contribution in [-0.2, 0) is 0 Å². The Labute approximate surface area is 120 Å². The predicted molar refractivity (Wildman–Crippen MR) is 77.6 cm³/mol. The fourth-order valence-electron chi connectivity index (χ4n) is 1.82. The maximum absolute atomic E-state index is 12.5. The summed E-state index contributed by atoms with van der Waals surface area (Å²) in [5, 5.41) is 0.316. The van der Waals surface area contributed by atoms with Crippen molar-refractivity contribution in [3.63, 3.8) is 0 Å². The van der Waals surface area contributed by atoms with Gasteiger partial charge >= 0.3 is 0 Å². The summed E-state index contributed by atoms with van der Waals surface area (Å²) in [5.41, 5.74) is 0.308. The molecule has 1 aromatic heterocycles. The van der Waals surface area contributed by atoms with Crippen LogP contribution < -0.4 is 0 Å². The maximum atomic E-state index is 12.5. The number of nitrogens with zero attached hydrogens (tertiary/aromatic N) is 3. The Kier molecular flexibility index (Phi) is 5.73. The minimum Gasteiger partial charge on any atom is -0.335 e. The molecule has 0 radical (unpaired) electrons. The first-order valence-corrected chi connectivity index (χ1v) is 7.13. The molecule has 0 aliphatic carbocycles. The van der Waals surface area contributed by atoms with Crippen LogP contribution in [0.15, 0.2) is 6.20 Å². The zero-order valence-electron chi connectivity index (χ0n) is 12.3. The van der Waals surface area contributed by atoms with E-state index in [2.05, 4.69) is 16.9 Å². The quantitative estimate of drug-likeness (QED) is 0.831. The van der Waals surface area contributed by atoms with E-state index < -0.39 is 0 Å². The molecule has 5 heteroatoms. The number of halogens is 1. The van der Waals surface area contributed by atoms with E-state index in [1.165, 1.54) is 6.20 Å². The van der Waals surface area contributed by atoms with Gasteiger partial charge in [-0.15, -0.1) is 0 Å². The maximum Gasteiger partial charge on any atom is 0.274 e. The third-order valence-corrected chi connectivity index (χ3v) is 3.48. The third-order valence-electron chi connectivity index (χ3n) is 3.21. The van der Waals surface area contributed by atoms with Gasteiger partial charge in [-0.25, -0.2) is 9.97 Å². The normalized spacial score (nSPS) is 12.6. The molecule has 0 aliphatic heterocycles. The molecule has 0 fully saturated rings. The Morgan fingerprint density at radius 3 is 2.47 bits per heavy atom. The molecule has 0 aromatic carbocycles. The van der Waals surface area contributed by atoms with Crippen molar-refractivity contribution in [3.05, 3.63) is 22.7 Å². The number of rotatable bonds is 5. The van der Waals surface area contributed by atoms with Crippen LogP contribution in [0.3, 0.4) is 0 Å². The Balaban J connectivity index is 3.13. The molecule has 0 spiro atoms. The van der Waals surface area contributed by atoms with E-state index in [-0.39, 0.29) is 17.9 Å². The van der Waals surface area contributed by atoms with Crippen molar-refractivity contribution >= 4 is 17.5 Å². The molecular formula is C14H22ClN3O. The molecule has 106 valence electrons. The zero-order chi connectivity index (χ0) is 14.6. The van der Waals surface area contributed by atoms with Gasteiger partial charge in [0.1, 0.15) is 5.82 Å². The molecule has 0 aliphatic rings. The first-order valence-electron chi connectivity index (χ1n) is 6.75. The van der Waals surface area contributed by atoms with Gasteiger partial charge in [-0.05, 0) is 20.3 Å². The van der Waals surface area contributed by atoms with E-state index in [1.54, 1.807) is 4.90 Å². The molecule has 1 atom stereocenters. The average Bonchev–Trinajstić information content (AvgIpc) is 2.39. The van der Waals surface area contributed by atoms with Gasteiger partial charge in [0.2, 0.25) is 0 Å². The van der Waals surface area contributed by atoms with Crippen molar-refractivity contribution in [1.82, 2.24) is 14.9 Å². The summed E-state index contributed by atoms with van der Waals surface area (Å²) in [5.74, 6) is 0.696. The second-order valence-electron chi connectivity index (χ2n) is 4.93. The minimum atomic E-state index is -0.119. The molecule has 19 heavy (non-hydrogen) atoms. The van der Waals surface area contributed by atoms with Gasteiger partial charge < -0.3 is 4.90 Å². The van der Waals surface area contributed by atoms with Gasteiger partial charge in [0.15, 0.2) is 5.69 Å². The molecule has 1 unspecified atom stereocenters. The summed E-state index contributed by atoms with van der Waals surface area (Å²) >= 11 is 6.07. The molecule has 0 bridgehead atoms. The minimum absolute atomic E-state index is 0.119. The lowest BCUT2D eigenvalue weighted by Crippen LogP contribution is -2.38. The van der Waals surface area contributed by atoms with E-state index in [0.717, 1.165) is 6.42 Å². The van der Waals surface area contributed by atoms with Crippen molar-refractivity contribution in [2.24, 2.45) is 0 Å². The van der Waals surface area contributed by atoms with E-state index in [4.69, 9.17) is 11.6 Å². The number of aromatic nitrogens is 2. The van der Waals surface area contributed by atoms with Gasteiger partial charge in [-0.3, -0.25) is 4.79 Å². The van der Waals surface area contributed by atoms with Crippen LogP contribution in [0.25, 0.3) is 0 Å². The summed E-state index contributed by atoms with van der Waals surface area (Å²) in [6, 6.07) is 0.172. The Morgan fingerprint density at radius 2 is 2.00 bits per heavy atom. The lowest BCUT2D eigenvalue weighted by molar-refractivity contribution is 0.0693. The summed E-state index contributed by atoms with van der Waals surface area (Å²) in [6.45, 7) is 10.7. The highest BCUT2D eigenvalue weighted by Gasteiger charge is 2.23. The monoisotopic (exact) mass is 283 g/mol. The summed E-state index contributed by atoms with van der Waals surface area (Å²) in [6.07, 6.45) is 2.42.